The molecule has 0 atom stereocenters. The molecular weight excluding hydrogens is 346 g/mol. The number of carbonyl (C=O) groups excluding carboxylic acids is 2. The second kappa shape index (κ2) is 9.19. The molecule has 1 fully saturated rings. The Labute approximate surface area is 151 Å². The molecule has 0 bridgehead atoms. The van der Waals surface area contributed by atoms with Crippen molar-refractivity contribution in [3.05, 3.63) is 34.9 Å². The maximum atomic E-state index is 14.2. The monoisotopic (exact) mass is 370 g/mol. The summed E-state index contributed by atoms with van der Waals surface area (Å²) in [5.74, 6) is -4.08. The Hall–Kier alpha value is -1.86. The lowest BCUT2D eigenvalue weighted by molar-refractivity contribution is -0.172. The number of ether oxygens (including phenoxy) is 3. The summed E-state index contributed by atoms with van der Waals surface area (Å²) in [6.07, 6.45) is 1.49. The fourth-order valence-electron chi connectivity index (χ4n) is 3.01. The van der Waals surface area contributed by atoms with Crippen LogP contribution in [0.5, 0.6) is 0 Å². The van der Waals surface area contributed by atoms with E-state index in [4.69, 9.17) is 9.47 Å². The molecular formula is C19H24F2O5. The number of rotatable bonds is 9. The first-order chi connectivity index (χ1) is 12.4. The highest BCUT2D eigenvalue weighted by Gasteiger charge is 2.37. The van der Waals surface area contributed by atoms with Crippen molar-refractivity contribution in [2.45, 2.75) is 51.2 Å². The summed E-state index contributed by atoms with van der Waals surface area (Å²) in [5, 5.41) is 0. The normalized spacial score (nSPS) is 15.8. The number of halogens is 2. The van der Waals surface area contributed by atoms with E-state index in [1.807, 2.05) is 6.92 Å². The maximum absolute atomic E-state index is 14.2. The molecule has 1 heterocycles. The molecule has 26 heavy (non-hydrogen) atoms. The fraction of sp³-hybridized carbons (Fsp3) is 0.579. The smallest absolute Gasteiger partial charge is 0.305 e. The van der Waals surface area contributed by atoms with Crippen molar-refractivity contribution in [2.75, 3.05) is 20.3 Å². The van der Waals surface area contributed by atoms with Crippen LogP contribution in [0.15, 0.2) is 12.1 Å². The molecule has 0 spiro atoms. The number of methoxy groups -OCH3 is 1. The van der Waals surface area contributed by atoms with Gasteiger partial charge in [0.25, 0.3) is 0 Å². The Morgan fingerprint density at radius 3 is 2.38 bits per heavy atom. The summed E-state index contributed by atoms with van der Waals surface area (Å²) in [6.45, 7) is 2.57. The number of hydrogen-bond donors (Lipinski definition) is 0. The predicted molar refractivity (Wildman–Crippen MR) is 89.8 cm³/mol. The van der Waals surface area contributed by atoms with Gasteiger partial charge in [0.2, 0.25) is 0 Å². The molecule has 1 aromatic rings. The van der Waals surface area contributed by atoms with E-state index in [0.29, 0.717) is 26.1 Å². The molecule has 0 N–H and O–H groups in total. The van der Waals surface area contributed by atoms with Gasteiger partial charge in [-0.05, 0) is 18.1 Å². The minimum atomic E-state index is -1.11. The number of ketones is 1. The van der Waals surface area contributed by atoms with Gasteiger partial charge in [-0.15, -0.1) is 0 Å². The van der Waals surface area contributed by atoms with E-state index < -0.39 is 29.2 Å². The Kier molecular flexibility index (Phi) is 7.23. The average Bonchev–Trinajstić information content (AvgIpc) is 3.11. The average molecular weight is 370 g/mol. The largest absolute Gasteiger partial charge is 0.469 e. The van der Waals surface area contributed by atoms with Crippen LogP contribution in [-0.4, -0.2) is 37.9 Å². The lowest BCUT2D eigenvalue weighted by Gasteiger charge is -2.26. The third-order valence-corrected chi connectivity index (χ3v) is 4.47. The number of benzene rings is 1. The minimum Gasteiger partial charge on any atom is -0.469 e. The molecule has 1 aliphatic rings. The molecule has 0 aliphatic carbocycles. The van der Waals surface area contributed by atoms with Crippen molar-refractivity contribution in [3.63, 3.8) is 0 Å². The fourth-order valence-corrected chi connectivity index (χ4v) is 3.01. The highest BCUT2D eigenvalue weighted by Crippen LogP contribution is 2.31. The van der Waals surface area contributed by atoms with Gasteiger partial charge in [0, 0.05) is 19.3 Å². The summed E-state index contributed by atoms with van der Waals surface area (Å²) >= 11 is 0. The molecule has 144 valence electrons. The van der Waals surface area contributed by atoms with Gasteiger partial charge in [0.15, 0.2) is 23.2 Å². The number of esters is 1. The first kappa shape index (κ1) is 20.5. The molecule has 0 unspecified atom stereocenters. The van der Waals surface area contributed by atoms with E-state index >= 15 is 0 Å². The molecule has 1 aliphatic heterocycles. The zero-order valence-corrected chi connectivity index (χ0v) is 15.1. The highest BCUT2D eigenvalue weighted by atomic mass is 19.2. The SMILES string of the molecule is CCCc1ccc(C(=O)CCC2(CCC(=O)OC)OCCO2)c(F)c1F. The third-order valence-electron chi connectivity index (χ3n) is 4.47. The van der Waals surface area contributed by atoms with Crippen molar-refractivity contribution < 1.29 is 32.6 Å². The van der Waals surface area contributed by atoms with Crippen molar-refractivity contribution in [1.29, 1.82) is 0 Å². The van der Waals surface area contributed by atoms with Crippen molar-refractivity contribution in [1.82, 2.24) is 0 Å². The Morgan fingerprint density at radius 2 is 1.77 bits per heavy atom. The van der Waals surface area contributed by atoms with Crippen LogP contribution in [0.4, 0.5) is 8.78 Å². The molecule has 2 rings (SSSR count). The number of carbonyl (C=O) groups is 2. The van der Waals surface area contributed by atoms with Gasteiger partial charge in [-0.3, -0.25) is 9.59 Å². The number of hydrogen-bond acceptors (Lipinski definition) is 5. The van der Waals surface area contributed by atoms with E-state index in [9.17, 15) is 18.4 Å². The van der Waals surface area contributed by atoms with E-state index in [1.165, 1.54) is 19.2 Å². The van der Waals surface area contributed by atoms with Gasteiger partial charge in [-0.1, -0.05) is 19.4 Å². The van der Waals surface area contributed by atoms with Gasteiger partial charge < -0.3 is 14.2 Å². The van der Waals surface area contributed by atoms with Gasteiger partial charge in [-0.2, -0.15) is 0 Å². The first-order valence-electron chi connectivity index (χ1n) is 8.77. The Balaban J connectivity index is 2.04. The van der Waals surface area contributed by atoms with Crippen molar-refractivity contribution in [2.24, 2.45) is 0 Å². The quantitative estimate of drug-likeness (QED) is 0.491. The topological polar surface area (TPSA) is 61.8 Å². The lowest BCUT2D eigenvalue weighted by Crippen LogP contribution is -2.32. The van der Waals surface area contributed by atoms with Crippen LogP contribution in [0.1, 0.15) is 54.9 Å². The van der Waals surface area contributed by atoms with Crippen LogP contribution < -0.4 is 0 Å². The summed E-state index contributed by atoms with van der Waals surface area (Å²) in [7, 11) is 1.29. The zero-order valence-electron chi connectivity index (χ0n) is 15.1. The number of Topliss-reactive ketones (excluding diaryl/α,β-unsaturated/α-hetero) is 1. The van der Waals surface area contributed by atoms with Crippen LogP contribution in [0.25, 0.3) is 0 Å². The van der Waals surface area contributed by atoms with Gasteiger partial charge in [-0.25, -0.2) is 8.78 Å². The number of aryl methyl sites for hydroxylation is 1. The summed E-state index contributed by atoms with van der Waals surface area (Å²) < 4.78 is 44.0. The lowest BCUT2D eigenvalue weighted by atomic mass is 9.97. The Morgan fingerprint density at radius 1 is 1.12 bits per heavy atom. The molecule has 7 heteroatoms. The maximum Gasteiger partial charge on any atom is 0.305 e. The predicted octanol–water partition coefficient (Wildman–Crippen LogP) is 3.58. The van der Waals surface area contributed by atoms with E-state index in [1.54, 1.807) is 0 Å². The molecule has 0 saturated carbocycles. The highest BCUT2D eigenvalue weighted by molar-refractivity contribution is 5.96. The van der Waals surface area contributed by atoms with Gasteiger partial charge in [0.05, 0.1) is 32.3 Å². The van der Waals surface area contributed by atoms with Crippen molar-refractivity contribution >= 4 is 11.8 Å². The third kappa shape index (κ3) is 4.86. The standard InChI is InChI=1S/C19H24F2O5/c1-3-4-13-5-6-14(18(21)17(13)20)15(22)7-9-19(25-11-12-26-19)10-8-16(23)24-2/h5-6H,3-4,7-12H2,1-2H3. The molecule has 0 amide bonds. The van der Waals surface area contributed by atoms with Crippen LogP contribution in [0, 0.1) is 11.6 Å². The molecule has 0 aromatic heterocycles. The first-order valence-corrected chi connectivity index (χ1v) is 8.77. The molecule has 0 radical (unpaired) electrons. The minimum absolute atomic E-state index is 0.0787. The molecule has 5 nitrogen and oxygen atoms in total. The van der Waals surface area contributed by atoms with Crippen LogP contribution in [-0.2, 0) is 25.4 Å². The van der Waals surface area contributed by atoms with Gasteiger partial charge in [0.1, 0.15) is 0 Å². The van der Waals surface area contributed by atoms with Crippen LogP contribution in [0.2, 0.25) is 0 Å². The summed E-state index contributed by atoms with van der Waals surface area (Å²) in [6, 6.07) is 2.77. The van der Waals surface area contributed by atoms with Crippen LogP contribution in [0.3, 0.4) is 0 Å². The Bertz CT molecular complexity index is 654. The zero-order chi connectivity index (χ0) is 19.2. The summed E-state index contributed by atoms with van der Waals surface area (Å²) in [5.41, 5.74) is -0.0120. The van der Waals surface area contributed by atoms with E-state index in [0.717, 1.165) is 0 Å². The molecule has 1 saturated heterocycles. The second-order valence-corrected chi connectivity index (χ2v) is 6.26. The van der Waals surface area contributed by atoms with E-state index in [-0.39, 0.29) is 36.8 Å². The van der Waals surface area contributed by atoms with Crippen LogP contribution >= 0.6 is 0 Å². The second-order valence-electron chi connectivity index (χ2n) is 6.26. The van der Waals surface area contributed by atoms with Crippen molar-refractivity contribution in [3.8, 4) is 0 Å². The van der Waals surface area contributed by atoms with Gasteiger partial charge >= 0.3 is 5.97 Å². The molecule has 1 aromatic carbocycles. The summed E-state index contributed by atoms with van der Waals surface area (Å²) in [4.78, 5) is 23.7. The van der Waals surface area contributed by atoms with E-state index in [2.05, 4.69) is 4.74 Å².